The summed E-state index contributed by atoms with van der Waals surface area (Å²) in [6, 6.07) is 9.02. The van der Waals surface area contributed by atoms with Crippen molar-refractivity contribution in [2.45, 2.75) is 39.3 Å². The topological polar surface area (TPSA) is 38.1 Å². The summed E-state index contributed by atoms with van der Waals surface area (Å²) in [5.74, 6) is -0.871. The second kappa shape index (κ2) is 8.03. The van der Waals surface area contributed by atoms with Crippen LogP contribution >= 0.6 is 0 Å². The third-order valence-electron chi connectivity index (χ3n) is 5.80. The lowest BCUT2D eigenvalue weighted by atomic mass is 9.97. The molecule has 0 amide bonds. The fraction of sp³-hybridized carbons (Fsp3) is 0.391. The largest absolute Gasteiger partial charge is 0.301 e. The minimum atomic E-state index is -0.649. The highest BCUT2D eigenvalue weighted by molar-refractivity contribution is 5.83. The molecular formula is C23H25F2N3O. The van der Waals surface area contributed by atoms with Gasteiger partial charge in [-0.15, -0.1) is 0 Å². The fourth-order valence-corrected chi connectivity index (χ4v) is 4.17. The first kappa shape index (κ1) is 19.7. The Bertz CT molecular complexity index is 1090. The van der Waals surface area contributed by atoms with Crippen molar-refractivity contribution < 1.29 is 8.78 Å². The van der Waals surface area contributed by atoms with Gasteiger partial charge in [0.2, 0.25) is 0 Å². The van der Waals surface area contributed by atoms with Crippen molar-refractivity contribution >= 4 is 10.9 Å². The standard InChI is InChI=1S/C23H25F2N3O/c1-15(2)27-9-3-4-16(12-27)13-28-14-26-22-8-5-17(10-20(22)23(28)29)19-7-6-18(24)11-21(19)25/h5-8,10-11,14-16H,3-4,9,12-13H2,1-2H3/t16-/m0/s1. The minimum absolute atomic E-state index is 0.124. The molecule has 4 rings (SSSR count). The Hall–Kier alpha value is -2.60. The van der Waals surface area contributed by atoms with Crippen molar-refractivity contribution in [1.29, 1.82) is 0 Å². The summed E-state index contributed by atoms with van der Waals surface area (Å²) in [6.07, 6.45) is 3.83. The van der Waals surface area contributed by atoms with Crippen LogP contribution in [0.5, 0.6) is 0 Å². The van der Waals surface area contributed by atoms with Gasteiger partial charge in [0.05, 0.1) is 17.2 Å². The highest BCUT2D eigenvalue weighted by Crippen LogP contribution is 2.26. The zero-order chi connectivity index (χ0) is 20.5. The van der Waals surface area contributed by atoms with Crippen molar-refractivity contribution in [2.24, 2.45) is 5.92 Å². The molecule has 1 aliphatic rings. The lowest BCUT2D eigenvalue weighted by Crippen LogP contribution is -2.42. The quantitative estimate of drug-likeness (QED) is 0.652. The number of aromatic nitrogens is 2. The van der Waals surface area contributed by atoms with Gasteiger partial charge >= 0.3 is 0 Å². The molecule has 1 saturated heterocycles. The zero-order valence-corrected chi connectivity index (χ0v) is 16.7. The van der Waals surface area contributed by atoms with Gasteiger partial charge in [-0.1, -0.05) is 6.07 Å². The molecule has 2 aromatic carbocycles. The van der Waals surface area contributed by atoms with Gasteiger partial charge in [-0.25, -0.2) is 13.8 Å². The Morgan fingerprint density at radius 2 is 2.00 bits per heavy atom. The Labute approximate surface area is 168 Å². The van der Waals surface area contributed by atoms with Crippen molar-refractivity contribution in [3.8, 4) is 11.1 Å². The molecule has 0 unspecified atom stereocenters. The van der Waals surface area contributed by atoms with Crippen molar-refractivity contribution in [3.63, 3.8) is 0 Å². The van der Waals surface area contributed by atoms with Crippen LogP contribution in [0.3, 0.4) is 0 Å². The summed E-state index contributed by atoms with van der Waals surface area (Å²) in [4.78, 5) is 20.0. The molecule has 152 valence electrons. The van der Waals surface area contributed by atoms with Gasteiger partial charge in [0.25, 0.3) is 5.56 Å². The molecule has 0 saturated carbocycles. The lowest BCUT2D eigenvalue weighted by Gasteiger charge is -2.35. The molecule has 2 heterocycles. The van der Waals surface area contributed by atoms with Gasteiger partial charge in [0, 0.05) is 30.8 Å². The predicted molar refractivity (Wildman–Crippen MR) is 111 cm³/mol. The number of halogens is 2. The van der Waals surface area contributed by atoms with Crippen LogP contribution in [0.2, 0.25) is 0 Å². The first-order chi connectivity index (χ1) is 13.9. The molecule has 1 aromatic heterocycles. The first-order valence-corrected chi connectivity index (χ1v) is 10.1. The van der Waals surface area contributed by atoms with E-state index in [0.717, 1.165) is 32.0 Å². The molecule has 0 radical (unpaired) electrons. The number of rotatable bonds is 4. The van der Waals surface area contributed by atoms with E-state index in [0.29, 0.717) is 35.0 Å². The average molecular weight is 397 g/mol. The van der Waals surface area contributed by atoms with Gasteiger partial charge in [-0.3, -0.25) is 9.36 Å². The Morgan fingerprint density at radius 1 is 1.17 bits per heavy atom. The second-order valence-electron chi connectivity index (χ2n) is 8.16. The molecule has 3 aromatic rings. The number of benzene rings is 2. The summed E-state index contributed by atoms with van der Waals surface area (Å²) in [7, 11) is 0. The number of piperidine rings is 1. The van der Waals surface area contributed by atoms with E-state index in [-0.39, 0.29) is 11.1 Å². The maximum Gasteiger partial charge on any atom is 0.261 e. The summed E-state index contributed by atoms with van der Waals surface area (Å²) < 4.78 is 29.1. The smallest absolute Gasteiger partial charge is 0.261 e. The molecule has 0 spiro atoms. The molecule has 6 heteroatoms. The van der Waals surface area contributed by atoms with E-state index < -0.39 is 11.6 Å². The van der Waals surface area contributed by atoms with Crippen LogP contribution in [0.15, 0.2) is 47.5 Å². The third kappa shape index (κ3) is 4.08. The molecule has 29 heavy (non-hydrogen) atoms. The molecule has 1 aliphatic heterocycles. The van der Waals surface area contributed by atoms with Gasteiger partial charge < -0.3 is 4.90 Å². The van der Waals surface area contributed by atoms with Crippen LogP contribution in [-0.4, -0.2) is 33.6 Å². The van der Waals surface area contributed by atoms with E-state index in [1.165, 1.54) is 12.1 Å². The van der Waals surface area contributed by atoms with Gasteiger partial charge in [-0.05, 0) is 69.0 Å². The highest BCUT2D eigenvalue weighted by Gasteiger charge is 2.22. The fourth-order valence-electron chi connectivity index (χ4n) is 4.17. The first-order valence-electron chi connectivity index (χ1n) is 10.1. The van der Waals surface area contributed by atoms with E-state index in [9.17, 15) is 13.6 Å². The maximum absolute atomic E-state index is 14.2. The van der Waals surface area contributed by atoms with Crippen molar-refractivity contribution in [2.75, 3.05) is 13.1 Å². The van der Waals surface area contributed by atoms with Crippen LogP contribution in [0.25, 0.3) is 22.0 Å². The number of likely N-dealkylation sites (tertiary alicyclic amines) is 1. The lowest BCUT2D eigenvalue weighted by molar-refractivity contribution is 0.130. The predicted octanol–water partition coefficient (Wildman–Crippen LogP) is 4.46. The molecule has 0 bridgehead atoms. The minimum Gasteiger partial charge on any atom is -0.301 e. The van der Waals surface area contributed by atoms with Crippen LogP contribution in [0.4, 0.5) is 8.78 Å². The maximum atomic E-state index is 14.2. The summed E-state index contributed by atoms with van der Waals surface area (Å²) in [6.45, 7) is 7.10. The van der Waals surface area contributed by atoms with E-state index >= 15 is 0 Å². The molecule has 4 nitrogen and oxygen atoms in total. The number of hydrogen-bond acceptors (Lipinski definition) is 3. The number of hydrogen-bond donors (Lipinski definition) is 0. The highest BCUT2D eigenvalue weighted by atomic mass is 19.1. The van der Waals surface area contributed by atoms with E-state index in [1.807, 2.05) is 0 Å². The van der Waals surface area contributed by atoms with Crippen LogP contribution in [-0.2, 0) is 6.54 Å². The number of nitrogens with zero attached hydrogens (tertiary/aromatic N) is 3. The SMILES string of the molecule is CC(C)N1CCC[C@H](Cn2cnc3ccc(-c4ccc(F)cc4F)cc3c2=O)C1. The average Bonchev–Trinajstić information content (AvgIpc) is 2.70. The van der Waals surface area contributed by atoms with E-state index in [2.05, 4.69) is 23.7 Å². The van der Waals surface area contributed by atoms with E-state index in [1.54, 1.807) is 29.1 Å². The molecular weight excluding hydrogens is 372 g/mol. The second-order valence-corrected chi connectivity index (χ2v) is 8.16. The van der Waals surface area contributed by atoms with Crippen LogP contribution in [0, 0.1) is 17.6 Å². The van der Waals surface area contributed by atoms with Crippen molar-refractivity contribution in [3.05, 3.63) is 64.7 Å². The Kier molecular flexibility index (Phi) is 5.46. The summed E-state index contributed by atoms with van der Waals surface area (Å²) in [5.41, 5.74) is 1.25. The van der Waals surface area contributed by atoms with Crippen LogP contribution < -0.4 is 5.56 Å². The van der Waals surface area contributed by atoms with E-state index in [4.69, 9.17) is 0 Å². The summed E-state index contributed by atoms with van der Waals surface area (Å²) in [5, 5.41) is 0.449. The Balaban J connectivity index is 1.66. The van der Waals surface area contributed by atoms with Gasteiger partial charge in [0.15, 0.2) is 0 Å². The Morgan fingerprint density at radius 3 is 2.76 bits per heavy atom. The number of fused-ring (bicyclic) bond motifs is 1. The molecule has 0 aliphatic carbocycles. The molecule has 1 fully saturated rings. The van der Waals surface area contributed by atoms with Gasteiger partial charge in [-0.2, -0.15) is 0 Å². The van der Waals surface area contributed by atoms with Crippen molar-refractivity contribution in [1.82, 2.24) is 14.5 Å². The van der Waals surface area contributed by atoms with Crippen LogP contribution in [0.1, 0.15) is 26.7 Å². The zero-order valence-electron chi connectivity index (χ0n) is 16.7. The monoisotopic (exact) mass is 397 g/mol. The molecule has 0 N–H and O–H groups in total. The normalized spacial score (nSPS) is 17.9. The molecule has 1 atom stereocenters. The van der Waals surface area contributed by atoms with Gasteiger partial charge in [0.1, 0.15) is 11.6 Å². The summed E-state index contributed by atoms with van der Waals surface area (Å²) >= 11 is 0. The third-order valence-corrected chi connectivity index (χ3v) is 5.80.